The number of aryl methyl sites for hydroxylation is 18. The summed E-state index contributed by atoms with van der Waals surface area (Å²) in [5.74, 6) is 4.19. The lowest BCUT2D eigenvalue weighted by atomic mass is 10.1. The molecule has 0 unspecified atom stereocenters. The monoisotopic (exact) mass is 911 g/mol. The number of thiazole rings is 2. The molecule has 350 valence electrons. The van der Waals surface area contributed by atoms with Crippen molar-refractivity contribution in [3.63, 3.8) is 0 Å². The zero-order chi connectivity index (χ0) is 49.5. The van der Waals surface area contributed by atoms with Crippen molar-refractivity contribution in [3.05, 3.63) is 144 Å². The van der Waals surface area contributed by atoms with Gasteiger partial charge in [-0.05, 0) is 225 Å². The maximum Gasteiger partial charge on any atom is 0.104 e. The van der Waals surface area contributed by atoms with Gasteiger partial charge >= 0.3 is 0 Å². The van der Waals surface area contributed by atoms with Gasteiger partial charge in [0.25, 0.3) is 0 Å². The molecule has 0 aliphatic rings. The molecule has 0 aromatic carbocycles. The van der Waals surface area contributed by atoms with Gasteiger partial charge in [0.15, 0.2) is 0 Å². The molecule has 0 fully saturated rings. The minimum atomic E-state index is 1.03. The van der Waals surface area contributed by atoms with Crippen molar-refractivity contribution >= 4 is 22.7 Å². The Labute approximate surface area is 394 Å². The SMILES string of the molecule is Cc1nc(C)c(C)nc1C.Cc1nc(C)c(C)s1.Cc1nc(C)c(C)s1.Cc1nnc(C)c(C)c1C.Cc1nnc(C)c(C)c1C.Cc1oc(C)c(C)c1C.Cc1oc(C)c(C)c1C. The fraction of sp³-hybridized carbons (Fsp3) is 0.500. The summed E-state index contributed by atoms with van der Waals surface area (Å²) >= 11 is 3.52. The lowest BCUT2D eigenvalue weighted by Gasteiger charge is -2.03. The number of rotatable bonds is 0. The summed E-state index contributed by atoms with van der Waals surface area (Å²) in [6.07, 6.45) is 0. The highest BCUT2D eigenvalue weighted by Gasteiger charge is 2.06. The van der Waals surface area contributed by atoms with Gasteiger partial charge in [-0.15, -0.1) is 22.7 Å². The molecule has 0 N–H and O–H groups in total. The summed E-state index contributed by atoms with van der Waals surface area (Å²) in [6, 6.07) is 0. The third-order valence-corrected chi connectivity index (χ3v) is 13.8. The van der Waals surface area contributed by atoms with Crippen LogP contribution in [-0.2, 0) is 0 Å². The molecule has 0 bridgehead atoms. The third-order valence-electron chi connectivity index (χ3n) is 11.8. The quantitative estimate of drug-likeness (QED) is 0.145. The van der Waals surface area contributed by atoms with E-state index in [1.807, 2.05) is 111 Å². The molecule has 0 aliphatic heterocycles. The van der Waals surface area contributed by atoms with Crippen molar-refractivity contribution in [3.8, 4) is 0 Å². The van der Waals surface area contributed by atoms with Gasteiger partial charge in [0.2, 0.25) is 0 Å². The Hall–Kier alpha value is -4.94. The van der Waals surface area contributed by atoms with Gasteiger partial charge in [-0.25, -0.2) is 9.97 Å². The molecular formula is C52H78N8O2S2. The predicted octanol–water partition coefficient (Wildman–Crippen LogP) is 14.3. The standard InChI is InChI=1S/3C8H12N2.2C8H12O.2C6H9NS/c1-5-6(2)10-8(4)7(3)9-5;2*1-5-6(2)8(4)10-9-7(5)3;2*1-5-6(2)8(4)9-7(5)3;2*1-4-5(2)8-6(3)7-4/h3*1-4H3;2*1-4H3;2*1-3H3. The molecule has 0 saturated carbocycles. The molecule has 7 aromatic heterocycles. The number of furan rings is 2. The first-order valence-corrected chi connectivity index (χ1v) is 23.3. The average molecular weight is 911 g/mol. The van der Waals surface area contributed by atoms with Crippen molar-refractivity contribution in [1.82, 2.24) is 40.3 Å². The minimum Gasteiger partial charge on any atom is -0.466 e. The van der Waals surface area contributed by atoms with Crippen LogP contribution in [-0.4, -0.2) is 40.3 Å². The summed E-state index contributed by atoms with van der Waals surface area (Å²) in [4.78, 5) is 19.8. The van der Waals surface area contributed by atoms with Crippen LogP contribution in [0.4, 0.5) is 0 Å². The number of hydrogen-bond acceptors (Lipinski definition) is 12. The van der Waals surface area contributed by atoms with E-state index in [1.165, 1.54) is 75.7 Å². The van der Waals surface area contributed by atoms with Gasteiger partial charge in [0.1, 0.15) is 23.0 Å². The molecule has 0 radical (unpaired) electrons. The van der Waals surface area contributed by atoms with Crippen LogP contribution in [0.3, 0.4) is 0 Å². The van der Waals surface area contributed by atoms with Crippen LogP contribution < -0.4 is 0 Å². The van der Waals surface area contributed by atoms with Crippen molar-refractivity contribution in [1.29, 1.82) is 0 Å². The van der Waals surface area contributed by atoms with Gasteiger partial charge < -0.3 is 8.83 Å². The minimum absolute atomic E-state index is 1.03. The Balaban J connectivity index is 0.000000374. The molecular weight excluding hydrogens is 833 g/mol. The summed E-state index contributed by atoms with van der Waals surface area (Å²) in [5, 5.41) is 18.3. The van der Waals surface area contributed by atoms with Gasteiger partial charge in [-0.3, -0.25) is 9.97 Å². The molecule has 64 heavy (non-hydrogen) atoms. The Bertz CT molecular complexity index is 2250. The Morgan fingerprint density at radius 1 is 0.234 bits per heavy atom. The molecule has 7 heterocycles. The second-order valence-corrected chi connectivity index (χ2v) is 19.3. The fourth-order valence-electron chi connectivity index (χ4n) is 5.60. The summed E-state index contributed by atoms with van der Waals surface area (Å²) in [7, 11) is 0. The van der Waals surface area contributed by atoms with Crippen LogP contribution in [0.2, 0.25) is 0 Å². The van der Waals surface area contributed by atoms with E-state index >= 15 is 0 Å². The van der Waals surface area contributed by atoms with Crippen LogP contribution in [0.1, 0.15) is 144 Å². The average Bonchev–Trinajstić information content (AvgIpc) is 3.85. The summed E-state index contributed by atoms with van der Waals surface area (Å²) in [6.45, 7) is 52.8. The number of nitrogens with zero attached hydrogens (tertiary/aromatic N) is 8. The first-order valence-electron chi connectivity index (χ1n) is 21.7. The highest BCUT2D eigenvalue weighted by Crippen LogP contribution is 2.20. The molecule has 0 atom stereocenters. The van der Waals surface area contributed by atoms with Crippen molar-refractivity contribution < 1.29 is 8.83 Å². The van der Waals surface area contributed by atoms with Crippen molar-refractivity contribution in [2.45, 2.75) is 180 Å². The molecule has 0 saturated heterocycles. The van der Waals surface area contributed by atoms with Crippen LogP contribution >= 0.6 is 22.7 Å². The molecule has 7 rings (SSSR count). The molecule has 7 aromatic rings. The van der Waals surface area contributed by atoms with Gasteiger partial charge in [-0.2, -0.15) is 20.4 Å². The fourth-order valence-corrected chi connectivity index (χ4v) is 7.24. The van der Waals surface area contributed by atoms with Crippen LogP contribution in [0.25, 0.3) is 0 Å². The Morgan fingerprint density at radius 3 is 0.547 bits per heavy atom. The maximum absolute atomic E-state index is 5.34. The molecule has 0 spiro atoms. The van der Waals surface area contributed by atoms with Gasteiger partial charge in [-0.1, -0.05) is 0 Å². The second kappa shape index (κ2) is 26.1. The topological polar surface area (TPSA) is 129 Å². The lowest BCUT2D eigenvalue weighted by Crippen LogP contribution is -1.97. The van der Waals surface area contributed by atoms with E-state index in [1.54, 1.807) is 22.7 Å². The molecule has 10 nitrogen and oxygen atoms in total. The first-order chi connectivity index (χ1) is 29.5. The summed E-state index contributed by atoms with van der Waals surface area (Å²) in [5.41, 5.74) is 20.8. The van der Waals surface area contributed by atoms with Crippen LogP contribution in [0.15, 0.2) is 8.83 Å². The highest BCUT2D eigenvalue weighted by molar-refractivity contribution is 7.11. The normalized spacial score (nSPS) is 10.0. The zero-order valence-electron chi connectivity index (χ0n) is 44.2. The predicted molar refractivity (Wildman–Crippen MR) is 271 cm³/mol. The first kappa shape index (κ1) is 57.1. The largest absolute Gasteiger partial charge is 0.466 e. The zero-order valence-corrected chi connectivity index (χ0v) is 45.8. The van der Waals surface area contributed by atoms with Crippen molar-refractivity contribution in [2.75, 3.05) is 0 Å². The molecule has 0 amide bonds. The van der Waals surface area contributed by atoms with Crippen LogP contribution in [0, 0.1) is 180 Å². The Kier molecular flexibility index (Phi) is 23.3. The van der Waals surface area contributed by atoms with Gasteiger partial charge in [0.05, 0.1) is 67.0 Å². The highest BCUT2D eigenvalue weighted by atomic mass is 32.1. The molecule has 0 aliphatic carbocycles. The number of hydrogen-bond donors (Lipinski definition) is 0. The van der Waals surface area contributed by atoms with E-state index in [2.05, 4.69) is 110 Å². The third kappa shape index (κ3) is 17.6. The number of aromatic nitrogens is 8. The molecule has 12 heteroatoms. The van der Waals surface area contributed by atoms with Crippen LogP contribution in [0.5, 0.6) is 0 Å². The van der Waals surface area contributed by atoms with E-state index in [-0.39, 0.29) is 0 Å². The van der Waals surface area contributed by atoms with E-state index in [0.717, 1.165) is 68.6 Å². The maximum atomic E-state index is 5.34. The Morgan fingerprint density at radius 2 is 0.438 bits per heavy atom. The smallest absolute Gasteiger partial charge is 0.104 e. The van der Waals surface area contributed by atoms with E-state index in [0.29, 0.717) is 0 Å². The van der Waals surface area contributed by atoms with E-state index in [4.69, 9.17) is 8.83 Å². The van der Waals surface area contributed by atoms with Gasteiger partial charge in [0, 0.05) is 9.75 Å². The van der Waals surface area contributed by atoms with E-state index in [9.17, 15) is 0 Å². The van der Waals surface area contributed by atoms with Crippen molar-refractivity contribution in [2.24, 2.45) is 0 Å². The van der Waals surface area contributed by atoms with E-state index < -0.39 is 0 Å². The summed E-state index contributed by atoms with van der Waals surface area (Å²) < 4.78 is 10.7. The lowest BCUT2D eigenvalue weighted by molar-refractivity contribution is 0.500. The second-order valence-electron chi connectivity index (χ2n) is 16.5.